The lowest BCUT2D eigenvalue weighted by Crippen LogP contribution is -2.24. The summed E-state index contributed by atoms with van der Waals surface area (Å²) in [4.78, 5) is 1.59. The average Bonchev–Trinajstić information content (AvgIpc) is 2.28. The summed E-state index contributed by atoms with van der Waals surface area (Å²) in [5.41, 5.74) is 7.28. The van der Waals surface area contributed by atoms with Crippen LogP contribution >= 0.6 is 15.9 Å². The Kier molecular flexibility index (Phi) is 5.47. The highest BCUT2D eigenvalue weighted by Crippen LogP contribution is 2.26. The molecule has 6 heteroatoms. The molecule has 0 atom stereocenters. The van der Waals surface area contributed by atoms with E-state index in [-0.39, 0.29) is 6.54 Å². The van der Waals surface area contributed by atoms with Crippen molar-refractivity contribution >= 4 is 21.6 Å². The zero-order valence-corrected chi connectivity index (χ0v) is 11.7. The summed E-state index contributed by atoms with van der Waals surface area (Å²) < 4.78 is 37.3. The summed E-state index contributed by atoms with van der Waals surface area (Å²) in [5.74, 6) is 0. The van der Waals surface area contributed by atoms with Gasteiger partial charge in [-0.15, -0.1) is 0 Å². The molecule has 0 radical (unpaired) electrons. The molecule has 1 rings (SSSR count). The minimum absolute atomic E-state index is 0.0494. The fraction of sp³-hybridized carbons (Fsp3) is 0.500. The first-order valence-corrected chi connectivity index (χ1v) is 6.39. The number of alkyl halides is 3. The zero-order chi connectivity index (χ0) is 13.8. The van der Waals surface area contributed by atoms with Crippen LogP contribution in [0.4, 0.5) is 18.9 Å². The van der Waals surface area contributed by atoms with Crippen molar-refractivity contribution in [3.63, 3.8) is 0 Å². The molecule has 0 aliphatic carbocycles. The first-order valence-electron chi connectivity index (χ1n) is 5.60. The van der Waals surface area contributed by atoms with Crippen molar-refractivity contribution in [3.8, 4) is 0 Å². The Morgan fingerprint density at radius 3 is 2.50 bits per heavy atom. The molecule has 0 fully saturated rings. The molecule has 0 amide bonds. The number of hydrogen-bond acceptors (Lipinski definition) is 2. The van der Waals surface area contributed by atoms with E-state index in [1.807, 2.05) is 18.2 Å². The zero-order valence-electron chi connectivity index (χ0n) is 10.1. The number of nitrogens with two attached hydrogens (primary N) is 1. The molecular weight excluding hydrogens is 309 g/mol. The van der Waals surface area contributed by atoms with Gasteiger partial charge in [-0.25, -0.2) is 0 Å². The highest BCUT2D eigenvalue weighted by atomic mass is 79.9. The minimum atomic E-state index is -4.12. The number of hydrogen-bond donors (Lipinski definition) is 1. The third kappa shape index (κ3) is 4.86. The predicted octanol–water partition coefficient (Wildman–Crippen LogP) is 3.34. The summed E-state index contributed by atoms with van der Waals surface area (Å²) in [6, 6.07) is 5.52. The number of rotatable bonds is 5. The Bertz CT molecular complexity index is 393. The van der Waals surface area contributed by atoms with Gasteiger partial charge in [0.1, 0.15) is 0 Å². The predicted molar refractivity (Wildman–Crippen MR) is 70.8 cm³/mol. The molecule has 0 saturated heterocycles. The van der Waals surface area contributed by atoms with Crippen molar-refractivity contribution in [1.29, 1.82) is 0 Å². The minimum Gasteiger partial charge on any atom is -0.374 e. The third-order valence-electron chi connectivity index (χ3n) is 2.62. The van der Waals surface area contributed by atoms with E-state index in [1.165, 1.54) is 0 Å². The van der Waals surface area contributed by atoms with Gasteiger partial charge in [-0.3, -0.25) is 0 Å². The number of benzene rings is 1. The van der Waals surface area contributed by atoms with E-state index in [4.69, 9.17) is 5.73 Å². The molecule has 2 N–H and O–H groups in total. The lowest BCUT2D eigenvalue weighted by atomic mass is 10.1. The molecular formula is C12H16BrF3N2. The Morgan fingerprint density at radius 1 is 1.33 bits per heavy atom. The molecule has 0 aliphatic rings. The lowest BCUT2D eigenvalue weighted by molar-refractivity contribution is -0.132. The maximum absolute atomic E-state index is 12.1. The van der Waals surface area contributed by atoms with Crippen LogP contribution in [0.1, 0.15) is 12.0 Å². The van der Waals surface area contributed by atoms with Gasteiger partial charge in [0.25, 0.3) is 0 Å². The average molecular weight is 325 g/mol. The molecule has 0 saturated carbocycles. The van der Waals surface area contributed by atoms with Crippen molar-refractivity contribution in [2.24, 2.45) is 5.73 Å². The van der Waals surface area contributed by atoms with Crippen LogP contribution in [0.2, 0.25) is 0 Å². The fourth-order valence-corrected chi connectivity index (χ4v) is 2.12. The molecule has 0 spiro atoms. The smallest absolute Gasteiger partial charge is 0.374 e. The first-order chi connectivity index (χ1) is 8.33. The van der Waals surface area contributed by atoms with Gasteiger partial charge >= 0.3 is 6.18 Å². The monoisotopic (exact) mass is 324 g/mol. The number of halogens is 4. The maximum atomic E-state index is 12.1. The van der Waals surface area contributed by atoms with Crippen molar-refractivity contribution in [1.82, 2.24) is 0 Å². The Hall–Kier alpha value is -0.750. The summed E-state index contributed by atoms with van der Waals surface area (Å²) in [5, 5.41) is 0. The van der Waals surface area contributed by atoms with Gasteiger partial charge in [0.2, 0.25) is 0 Å². The normalized spacial score (nSPS) is 11.7. The number of nitrogens with zero attached hydrogens (tertiary/aromatic N) is 1. The van der Waals surface area contributed by atoms with Crippen LogP contribution in [0.25, 0.3) is 0 Å². The lowest BCUT2D eigenvalue weighted by Gasteiger charge is -2.21. The third-order valence-corrected chi connectivity index (χ3v) is 3.36. The van der Waals surface area contributed by atoms with E-state index in [9.17, 15) is 13.2 Å². The summed E-state index contributed by atoms with van der Waals surface area (Å²) >= 11 is 3.40. The van der Waals surface area contributed by atoms with Gasteiger partial charge in [-0.05, 0) is 30.7 Å². The fourth-order valence-electron chi connectivity index (χ4n) is 1.56. The van der Waals surface area contributed by atoms with E-state index in [0.29, 0.717) is 6.54 Å². The molecule has 0 aliphatic heterocycles. The van der Waals surface area contributed by atoms with Gasteiger partial charge in [0.05, 0.1) is 6.42 Å². The Labute approximate surface area is 113 Å². The van der Waals surface area contributed by atoms with E-state index in [0.717, 1.165) is 22.1 Å². The maximum Gasteiger partial charge on any atom is 0.390 e. The summed E-state index contributed by atoms with van der Waals surface area (Å²) in [6.07, 6.45) is -4.19. The van der Waals surface area contributed by atoms with Gasteiger partial charge in [0, 0.05) is 23.8 Å². The van der Waals surface area contributed by atoms with Crippen LogP contribution < -0.4 is 10.6 Å². The van der Waals surface area contributed by atoms with Crippen molar-refractivity contribution in [2.75, 3.05) is 25.0 Å². The molecule has 0 aromatic heterocycles. The van der Waals surface area contributed by atoms with Crippen LogP contribution in [0, 0.1) is 0 Å². The van der Waals surface area contributed by atoms with Crippen molar-refractivity contribution in [2.45, 2.75) is 19.0 Å². The van der Waals surface area contributed by atoms with E-state index in [1.54, 1.807) is 11.9 Å². The highest BCUT2D eigenvalue weighted by molar-refractivity contribution is 9.10. The van der Waals surface area contributed by atoms with Crippen LogP contribution in [0.3, 0.4) is 0 Å². The SMILES string of the molecule is CN(CCC(F)(F)F)c1ccc(CCN)c(Br)c1. The van der Waals surface area contributed by atoms with Gasteiger partial charge in [-0.1, -0.05) is 22.0 Å². The topological polar surface area (TPSA) is 29.3 Å². The van der Waals surface area contributed by atoms with Gasteiger partial charge in [0.15, 0.2) is 0 Å². The molecule has 18 heavy (non-hydrogen) atoms. The van der Waals surface area contributed by atoms with Crippen LogP contribution in [0.5, 0.6) is 0 Å². The molecule has 0 bridgehead atoms. The molecule has 0 heterocycles. The second-order valence-corrected chi connectivity index (χ2v) is 4.96. The molecule has 2 nitrogen and oxygen atoms in total. The van der Waals surface area contributed by atoms with Crippen molar-refractivity contribution in [3.05, 3.63) is 28.2 Å². The van der Waals surface area contributed by atoms with Crippen LogP contribution in [0.15, 0.2) is 22.7 Å². The Morgan fingerprint density at radius 2 is 2.00 bits per heavy atom. The quantitative estimate of drug-likeness (QED) is 0.900. The van der Waals surface area contributed by atoms with E-state index in [2.05, 4.69) is 15.9 Å². The Balaban J connectivity index is 2.69. The molecule has 1 aromatic rings. The second kappa shape index (κ2) is 6.43. The standard InChI is InChI=1S/C12H16BrF3N2/c1-18(7-5-12(14,15)16)10-3-2-9(4-6-17)11(13)8-10/h2-3,8H,4-7,17H2,1H3. The van der Waals surface area contributed by atoms with E-state index < -0.39 is 12.6 Å². The largest absolute Gasteiger partial charge is 0.390 e. The summed E-state index contributed by atoms with van der Waals surface area (Å²) in [7, 11) is 1.65. The summed E-state index contributed by atoms with van der Waals surface area (Å²) in [6.45, 7) is 0.494. The van der Waals surface area contributed by atoms with Gasteiger partial charge in [-0.2, -0.15) is 13.2 Å². The van der Waals surface area contributed by atoms with Crippen LogP contribution in [-0.2, 0) is 6.42 Å². The first kappa shape index (κ1) is 15.3. The molecule has 1 aromatic carbocycles. The van der Waals surface area contributed by atoms with E-state index >= 15 is 0 Å². The van der Waals surface area contributed by atoms with Gasteiger partial charge < -0.3 is 10.6 Å². The van der Waals surface area contributed by atoms with Crippen molar-refractivity contribution < 1.29 is 13.2 Å². The highest BCUT2D eigenvalue weighted by Gasteiger charge is 2.27. The molecule has 102 valence electrons. The second-order valence-electron chi connectivity index (χ2n) is 4.10. The number of anilines is 1. The van der Waals surface area contributed by atoms with Crippen LogP contribution in [-0.4, -0.2) is 26.3 Å². The molecule has 0 unspecified atom stereocenters.